The molecule has 0 aromatic carbocycles. The highest BCUT2D eigenvalue weighted by Crippen LogP contribution is 2.65. The average molecular weight is 577 g/mol. The molecule has 1 saturated heterocycles. The molecule has 12 nitrogen and oxygen atoms in total. The minimum Gasteiger partial charge on any atom is -0.368 e. The molecule has 3 fully saturated rings. The van der Waals surface area contributed by atoms with E-state index in [1.165, 1.54) is 4.90 Å². The summed E-state index contributed by atoms with van der Waals surface area (Å²) in [5.74, 6) is -3.46. The zero-order valence-corrected chi connectivity index (χ0v) is 25.6. The molecule has 1 aliphatic heterocycles. The number of rotatable bonds is 10. The van der Waals surface area contributed by atoms with Gasteiger partial charge in [-0.2, -0.15) is 0 Å². The second kappa shape index (κ2) is 11.2. The van der Waals surface area contributed by atoms with Gasteiger partial charge in [-0.25, -0.2) is 4.79 Å². The third kappa shape index (κ3) is 6.83. The molecule has 230 valence electrons. The molecule has 2 aliphatic carbocycles. The van der Waals surface area contributed by atoms with Crippen molar-refractivity contribution in [2.45, 2.75) is 105 Å². The van der Waals surface area contributed by atoms with Crippen LogP contribution < -0.4 is 27.4 Å². The zero-order valence-electron chi connectivity index (χ0n) is 25.6. The average Bonchev–Trinajstić information content (AvgIpc) is 3.13. The number of amides is 6. The van der Waals surface area contributed by atoms with Crippen LogP contribution in [0.4, 0.5) is 4.79 Å². The molecule has 41 heavy (non-hydrogen) atoms. The van der Waals surface area contributed by atoms with Gasteiger partial charge >= 0.3 is 6.03 Å². The molecule has 0 spiro atoms. The van der Waals surface area contributed by atoms with Crippen LogP contribution in [0.2, 0.25) is 0 Å². The van der Waals surface area contributed by atoms with Crippen LogP contribution in [0, 0.1) is 34.0 Å². The third-order valence-electron chi connectivity index (χ3n) is 9.24. The lowest BCUT2D eigenvalue weighted by Gasteiger charge is -2.38. The minimum absolute atomic E-state index is 0.0636. The fourth-order valence-electron chi connectivity index (χ4n) is 6.37. The molecule has 6 atom stereocenters. The number of piperidine rings is 1. The van der Waals surface area contributed by atoms with Crippen LogP contribution in [-0.2, 0) is 24.0 Å². The van der Waals surface area contributed by atoms with Gasteiger partial charge in [-0.05, 0) is 40.4 Å². The third-order valence-corrected chi connectivity index (χ3v) is 9.24. The maximum atomic E-state index is 14.1. The number of likely N-dealkylation sites (tertiary alicyclic amines) is 1. The van der Waals surface area contributed by atoms with Gasteiger partial charge < -0.3 is 32.3 Å². The Morgan fingerprint density at radius 1 is 0.878 bits per heavy atom. The number of Topliss-reactive ketones (excluding diaryl/α,β-unsaturated/α-hetero) is 1. The molecular weight excluding hydrogens is 528 g/mol. The Kier molecular flexibility index (Phi) is 8.87. The molecule has 3 rings (SSSR count). The quantitative estimate of drug-likeness (QED) is 0.239. The number of nitrogens with one attached hydrogen (secondary N) is 3. The van der Waals surface area contributed by atoms with Crippen molar-refractivity contribution in [1.82, 2.24) is 20.9 Å². The van der Waals surface area contributed by atoms with Crippen molar-refractivity contribution in [1.29, 1.82) is 0 Å². The van der Waals surface area contributed by atoms with Crippen molar-refractivity contribution in [2.75, 3.05) is 6.54 Å². The first-order chi connectivity index (χ1) is 18.7. The fourth-order valence-corrected chi connectivity index (χ4v) is 6.37. The van der Waals surface area contributed by atoms with Crippen molar-refractivity contribution in [3.63, 3.8) is 0 Å². The van der Waals surface area contributed by atoms with Gasteiger partial charge in [0, 0.05) is 6.54 Å². The number of carbonyl (C=O) groups excluding carboxylic acids is 6. The topological polar surface area (TPSA) is 194 Å². The van der Waals surface area contributed by atoms with Gasteiger partial charge in [0.2, 0.25) is 23.5 Å². The number of ketones is 1. The molecule has 0 bridgehead atoms. The molecule has 0 aromatic heterocycles. The number of primary amides is 2. The summed E-state index contributed by atoms with van der Waals surface area (Å²) >= 11 is 0. The summed E-state index contributed by atoms with van der Waals surface area (Å²) in [6, 6.07) is -4.67. The first-order valence-corrected chi connectivity index (χ1v) is 14.5. The molecule has 2 saturated carbocycles. The summed E-state index contributed by atoms with van der Waals surface area (Å²) in [5, 5.41) is 8.07. The van der Waals surface area contributed by atoms with Crippen molar-refractivity contribution in [3.05, 3.63) is 0 Å². The zero-order chi connectivity index (χ0) is 31.2. The lowest BCUT2D eigenvalue weighted by molar-refractivity contribution is -0.145. The molecule has 7 N–H and O–H groups in total. The van der Waals surface area contributed by atoms with Crippen LogP contribution in [0.1, 0.15) is 81.1 Å². The number of urea groups is 1. The lowest BCUT2D eigenvalue weighted by Crippen LogP contribution is -2.63. The van der Waals surface area contributed by atoms with E-state index in [2.05, 4.69) is 16.0 Å². The van der Waals surface area contributed by atoms with E-state index < -0.39 is 70.4 Å². The fraction of sp³-hybridized carbons (Fsp3) is 0.793. The van der Waals surface area contributed by atoms with E-state index in [0.29, 0.717) is 13.0 Å². The second-order valence-electron chi connectivity index (χ2n) is 14.8. The van der Waals surface area contributed by atoms with Crippen molar-refractivity contribution in [3.8, 4) is 0 Å². The van der Waals surface area contributed by atoms with E-state index in [0.717, 1.165) is 19.3 Å². The monoisotopic (exact) mass is 576 g/mol. The Morgan fingerprint density at radius 3 is 1.85 bits per heavy atom. The number of hydrogen-bond acceptors (Lipinski definition) is 6. The molecule has 0 aromatic rings. The molecule has 12 heteroatoms. The molecule has 0 radical (unpaired) electrons. The first kappa shape index (κ1) is 32.3. The summed E-state index contributed by atoms with van der Waals surface area (Å²) in [6.45, 7) is 15.0. The molecule has 6 amide bonds. The minimum atomic E-state index is -1.11. The highest BCUT2D eigenvalue weighted by molar-refractivity contribution is 6.37. The van der Waals surface area contributed by atoms with E-state index >= 15 is 0 Å². The number of nitrogens with two attached hydrogens (primary N) is 2. The Morgan fingerprint density at radius 2 is 1.41 bits per heavy atom. The van der Waals surface area contributed by atoms with Gasteiger partial charge in [0.1, 0.15) is 18.1 Å². The Bertz CT molecular complexity index is 1100. The van der Waals surface area contributed by atoms with Crippen LogP contribution >= 0.6 is 0 Å². The van der Waals surface area contributed by atoms with E-state index in [-0.39, 0.29) is 23.2 Å². The Balaban J connectivity index is 1.84. The predicted octanol–water partition coefficient (Wildman–Crippen LogP) is 0.813. The molecule has 1 unspecified atom stereocenters. The van der Waals surface area contributed by atoms with E-state index in [1.54, 1.807) is 41.5 Å². The van der Waals surface area contributed by atoms with Crippen LogP contribution in [0.25, 0.3) is 0 Å². The maximum Gasteiger partial charge on any atom is 0.316 e. The van der Waals surface area contributed by atoms with Crippen molar-refractivity contribution >= 4 is 35.4 Å². The maximum absolute atomic E-state index is 14.1. The van der Waals surface area contributed by atoms with Gasteiger partial charge in [0.05, 0.1) is 6.04 Å². The largest absolute Gasteiger partial charge is 0.368 e. The van der Waals surface area contributed by atoms with Gasteiger partial charge in [-0.3, -0.25) is 24.0 Å². The summed E-state index contributed by atoms with van der Waals surface area (Å²) in [6.07, 6.45) is 3.18. The van der Waals surface area contributed by atoms with Crippen LogP contribution in [0.5, 0.6) is 0 Å². The summed E-state index contributed by atoms with van der Waals surface area (Å²) in [5.41, 5.74) is 9.19. The van der Waals surface area contributed by atoms with Gasteiger partial charge in [-0.1, -0.05) is 74.7 Å². The molecule has 1 heterocycles. The number of nitrogens with zero attached hydrogens (tertiary/aromatic N) is 1. The Labute approximate surface area is 242 Å². The normalized spacial score (nSPS) is 25.6. The van der Waals surface area contributed by atoms with Crippen molar-refractivity contribution < 1.29 is 28.8 Å². The van der Waals surface area contributed by atoms with Crippen molar-refractivity contribution in [2.24, 2.45) is 45.5 Å². The highest BCUT2D eigenvalue weighted by Gasteiger charge is 2.70. The lowest BCUT2D eigenvalue weighted by atomic mass is 9.80. The van der Waals surface area contributed by atoms with E-state index in [1.807, 2.05) is 13.8 Å². The van der Waals surface area contributed by atoms with Gasteiger partial charge in [-0.15, -0.1) is 0 Å². The summed E-state index contributed by atoms with van der Waals surface area (Å²) in [4.78, 5) is 78.7. The smallest absolute Gasteiger partial charge is 0.316 e. The summed E-state index contributed by atoms with van der Waals surface area (Å²) in [7, 11) is 0. The van der Waals surface area contributed by atoms with Crippen LogP contribution in [-0.4, -0.2) is 71.1 Å². The second-order valence-corrected chi connectivity index (χ2v) is 14.8. The van der Waals surface area contributed by atoms with Gasteiger partial charge in [0.15, 0.2) is 0 Å². The van der Waals surface area contributed by atoms with Crippen LogP contribution in [0.15, 0.2) is 0 Å². The number of hydrogen-bond donors (Lipinski definition) is 5. The van der Waals surface area contributed by atoms with Gasteiger partial charge in [0.25, 0.3) is 5.91 Å². The standard InChI is InChI=1S/C29H48N6O6/c1-27(2,3)20(23(31)38)33-26(41)34-21(28(4,5)6)25(40)35-13-15-17(29(15,7)8)18(35)24(39)32-16(19(36)22(30)37)12-14-10-9-11-14/h14-18,20-21H,9-13H2,1-8H3,(H2,30,37)(H2,31,38)(H,32,39)(H2,33,34,41)/t15-,16?,17-,18-,20+,21+/m0/s1. The first-order valence-electron chi connectivity index (χ1n) is 14.5. The summed E-state index contributed by atoms with van der Waals surface area (Å²) < 4.78 is 0. The molecule has 3 aliphatic rings. The highest BCUT2D eigenvalue weighted by atomic mass is 16.2. The van der Waals surface area contributed by atoms with Crippen LogP contribution in [0.3, 0.4) is 0 Å². The molecular formula is C29H48N6O6. The van der Waals surface area contributed by atoms with E-state index in [4.69, 9.17) is 11.5 Å². The number of fused-ring (bicyclic) bond motifs is 1. The predicted molar refractivity (Wildman–Crippen MR) is 152 cm³/mol. The van der Waals surface area contributed by atoms with E-state index in [9.17, 15) is 28.8 Å². The Hall–Kier alpha value is -3.18. The SMILES string of the molecule is CC(C)(C)[C@H](NC(=O)N[C@H](C(=O)N1C[C@H]2[C@@H]([C@H]1C(=O)NC(CC1CCC1)C(=O)C(N)=O)C2(C)C)C(C)(C)C)C(N)=O. The number of carbonyl (C=O) groups is 6.